The van der Waals surface area contributed by atoms with Crippen LogP contribution in [0.1, 0.15) is 13.8 Å². The number of esters is 1. The molecule has 0 spiro atoms. The molecule has 0 rings (SSSR count). The number of carbonyl (C=O) groups excluding carboxylic acids is 1. The van der Waals surface area contributed by atoms with E-state index in [1.807, 2.05) is 0 Å². The quantitative estimate of drug-likeness (QED) is 0.444. The molecule has 0 bridgehead atoms. The zero-order chi connectivity index (χ0) is 14.1. The third kappa shape index (κ3) is 3.37. The lowest BCUT2D eigenvalue weighted by Crippen LogP contribution is -2.51. The summed E-state index contributed by atoms with van der Waals surface area (Å²) in [6.07, 6.45) is -11.1. The number of ether oxygens (including phenoxy) is 1. The maximum Gasteiger partial charge on any atom is 0.406 e. The van der Waals surface area contributed by atoms with Gasteiger partial charge in [-0.1, -0.05) is 6.58 Å². The first kappa shape index (κ1) is 15.8. The summed E-state index contributed by atoms with van der Waals surface area (Å²) in [4.78, 5) is 10.8. The van der Waals surface area contributed by atoms with E-state index < -0.39 is 30.3 Å². The summed E-state index contributed by atoms with van der Waals surface area (Å²) in [6.45, 7) is 2.26. The van der Waals surface area contributed by atoms with Gasteiger partial charge in [0.25, 0.3) is 0 Å². The van der Waals surface area contributed by atoms with E-state index in [1.165, 1.54) is 0 Å². The van der Waals surface area contributed by atoms with Crippen molar-refractivity contribution in [1.29, 1.82) is 0 Å². The number of rotatable bonds is 3. The molecule has 0 N–H and O–H groups in total. The molecular weight excluding hydrogens is 254 g/mol. The normalized spacial score (nSPS) is 13.4. The average Bonchev–Trinajstić information content (AvgIpc) is 2.09. The summed E-state index contributed by atoms with van der Waals surface area (Å²) in [6, 6.07) is 0. The second-order valence-corrected chi connectivity index (χ2v) is 3.68. The van der Waals surface area contributed by atoms with Crippen molar-refractivity contribution in [3.63, 3.8) is 0 Å². The van der Waals surface area contributed by atoms with Crippen molar-refractivity contribution in [2.45, 2.75) is 26.2 Å². The van der Waals surface area contributed by atoms with Crippen molar-refractivity contribution in [2.24, 2.45) is 5.41 Å². The van der Waals surface area contributed by atoms with Crippen LogP contribution in [0.2, 0.25) is 0 Å². The van der Waals surface area contributed by atoms with Gasteiger partial charge >= 0.3 is 18.3 Å². The van der Waals surface area contributed by atoms with Gasteiger partial charge in [-0.15, -0.1) is 0 Å². The van der Waals surface area contributed by atoms with Crippen LogP contribution in [-0.4, -0.2) is 24.9 Å². The molecule has 0 aromatic rings. The Labute approximate surface area is 93.2 Å². The van der Waals surface area contributed by atoms with E-state index in [4.69, 9.17) is 0 Å². The number of alkyl halides is 6. The molecule has 0 saturated carbocycles. The fraction of sp³-hybridized carbons (Fsp3) is 0.667. The Morgan fingerprint density at radius 3 is 1.71 bits per heavy atom. The smallest absolute Gasteiger partial charge is 0.406 e. The fourth-order valence-corrected chi connectivity index (χ4v) is 0.657. The maximum absolute atomic E-state index is 12.3. The molecule has 0 saturated heterocycles. The second kappa shape index (κ2) is 4.58. The van der Waals surface area contributed by atoms with E-state index in [2.05, 4.69) is 11.3 Å². The standard InChI is InChI=1S/C9H10F6O2/c1-5(2)6(16)17-4-7(3,8(10,11)12)9(13,14)15/h1,4H2,2-3H3. The third-order valence-electron chi connectivity index (χ3n) is 2.09. The third-order valence-corrected chi connectivity index (χ3v) is 2.09. The van der Waals surface area contributed by atoms with Gasteiger partial charge in [-0.05, 0) is 13.8 Å². The lowest BCUT2D eigenvalue weighted by atomic mass is 9.90. The molecule has 0 radical (unpaired) electrons. The van der Waals surface area contributed by atoms with Crippen LogP contribution in [0.4, 0.5) is 26.3 Å². The van der Waals surface area contributed by atoms with Crippen LogP contribution >= 0.6 is 0 Å². The van der Waals surface area contributed by atoms with E-state index >= 15 is 0 Å². The molecule has 0 aliphatic carbocycles. The van der Waals surface area contributed by atoms with Crippen LogP contribution in [0, 0.1) is 5.41 Å². The minimum Gasteiger partial charge on any atom is -0.461 e. The summed E-state index contributed by atoms with van der Waals surface area (Å²) in [5.74, 6) is -1.30. The molecule has 0 atom stereocenters. The van der Waals surface area contributed by atoms with Crippen LogP contribution in [0.5, 0.6) is 0 Å². The van der Waals surface area contributed by atoms with Crippen molar-refractivity contribution in [1.82, 2.24) is 0 Å². The largest absolute Gasteiger partial charge is 0.461 e. The molecular formula is C9H10F6O2. The molecule has 0 unspecified atom stereocenters. The van der Waals surface area contributed by atoms with Gasteiger partial charge in [-0.25, -0.2) is 4.79 Å². The topological polar surface area (TPSA) is 26.3 Å². The number of hydrogen-bond donors (Lipinski definition) is 0. The maximum atomic E-state index is 12.3. The highest BCUT2D eigenvalue weighted by Crippen LogP contribution is 2.50. The first-order valence-corrected chi connectivity index (χ1v) is 4.29. The average molecular weight is 264 g/mol. The van der Waals surface area contributed by atoms with E-state index in [0.717, 1.165) is 6.92 Å². The molecule has 0 fully saturated rings. The van der Waals surface area contributed by atoms with Crippen molar-refractivity contribution in [2.75, 3.05) is 6.61 Å². The minimum absolute atomic E-state index is 0.0707. The molecule has 0 aliphatic rings. The van der Waals surface area contributed by atoms with E-state index in [0.29, 0.717) is 0 Å². The minimum atomic E-state index is -5.57. The molecule has 0 aromatic carbocycles. The molecule has 2 nitrogen and oxygen atoms in total. The first-order chi connectivity index (χ1) is 7.33. The van der Waals surface area contributed by atoms with Crippen LogP contribution in [0.25, 0.3) is 0 Å². The molecule has 8 heteroatoms. The Hall–Kier alpha value is -1.21. The van der Waals surface area contributed by atoms with Crippen LogP contribution in [0.3, 0.4) is 0 Å². The molecule has 0 aliphatic heterocycles. The summed E-state index contributed by atoms with van der Waals surface area (Å²) in [5.41, 5.74) is -4.37. The lowest BCUT2D eigenvalue weighted by Gasteiger charge is -2.33. The highest BCUT2D eigenvalue weighted by molar-refractivity contribution is 5.86. The second-order valence-electron chi connectivity index (χ2n) is 3.68. The Balaban J connectivity index is 5.01. The number of halogens is 6. The van der Waals surface area contributed by atoms with Crippen molar-refractivity contribution < 1.29 is 35.9 Å². The van der Waals surface area contributed by atoms with E-state index in [9.17, 15) is 31.1 Å². The Bertz CT molecular complexity index is 300. The van der Waals surface area contributed by atoms with Gasteiger partial charge in [-0.2, -0.15) is 26.3 Å². The number of carbonyl (C=O) groups is 1. The molecule has 0 heterocycles. The predicted octanol–water partition coefficient (Wildman–Crippen LogP) is 3.24. The number of hydrogen-bond acceptors (Lipinski definition) is 2. The van der Waals surface area contributed by atoms with E-state index in [-0.39, 0.29) is 12.5 Å². The zero-order valence-electron chi connectivity index (χ0n) is 9.00. The highest BCUT2D eigenvalue weighted by atomic mass is 19.4. The van der Waals surface area contributed by atoms with Gasteiger partial charge in [0.1, 0.15) is 6.61 Å². The highest BCUT2D eigenvalue weighted by Gasteiger charge is 2.68. The lowest BCUT2D eigenvalue weighted by molar-refractivity contribution is -0.342. The van der Waals surface area contributed by atoms with Gasteiger partial charge in [0, 0.05) is 5.57 Å². The van der Waals surface area contributed by atoms with Gasteiger partial charge in [0.15, 0.2) is 5.41 Å². The molecule has 0 aromatic heterocycles. The van der Waals surface area contributed by atoms with Crippen LogP contribution in [-0.2, 0) is 9.53 Å². The van der Waals surface area contributed by atoms with Crippen LogP contribution < -0.4 is 0 Å². The summed E-state index contributed by atoms with van der Waals surface area (Å²) in [5, 5.41) is 0. The Morgan fingerprint density at radius 2 is 1.47 bits per heavy atom. The predicted molar refractivity (Wildman–Crippen MR) is 46.0 cm³/mol. The van der Waals surface area contributed by atoms with Crippen molar-refractivity contribution in [3.05, 3.63) is 12.2 Å². The summed E-state index contributed by atoms with van der Waals surface area (Å²) >= 11 is 0. The van der Waals surface area contributed by atoms with Gasteiger partial charge in [0.05, 0.1) is 0 Å². The Kier molecular flexibility index (Phi) is 4.25. The van der Waals surface area contributed by atoms with Gasteiger partial charge in [-0.3, -0.25) is 0 Å². The SMILES string of the molecule is C=C(C)C(=O)OCC(C)(C(F)(F)F)C(F)(F)F. The van der Waals surface area contributed by atoms with Gasteiger partial charge in [0.2, 0.25) is 0 Å². The summed E-state index contributed by atoms with van der Waals surface area (Å²) in [7, 11) is 0. The molecule has 100 valence electrons. The molecule has 0 amide bonds. The van der Waals surface area contributed by atoms with Gasteiger partial charge < -0.3 is 4.74 Å². The molecule has 17 heavy (non-hydrogen) atoms. The van der Waals surface area contributed by atoms with Crippen molar-refractivity contribution >= 4 is 5.97 Å². The van der Waals surface area contributed by atoms with E-state index in [1.54, 1.807) is 0 Å². The zero-order valence-corrected chi connectivity index (χ0v) is 9.00. The summed E-state index contributed by atoms with van der Waals surface area (Å²) < 4.78 is 77.9. The monoisotopic (exact) mass is 264 g/mol. The van der Waals surface area contributed by atoms with Crippen LogP contribution in [0.15, 0.2) is 12.2 Å². The van der Waals surface area contributed by atoms with Crippen molar-refractivity contribution in [3.8, 4) is 0 Å². The Morgan fingerprint density at radius 1 is 1.12 bits per heavy atom. The first-order valence-electron chi connectivity index (χ1n) is 4.29. The fourth-order valence-electron chi connectivity index (χ4n) is 0.657.